The molecule has 0 aliphatic heterocycles. The molecule has 0 unspecified atom stereocenters. The van der Waals surface area contributed by atoms with Crippen LogP contribution in [0.5, 0.6) is 0 Å². The third-order valence-electron chi connectivity index (χ3n) is 3.63. The van der Waals surface area contributed by atoms with Crippen LogP contribution in [-0.2, 0) is 12.5 Å². The Morgan fingerprint density at radius 3 is 2.67 bits per heavy atom. The molecule has 0 radical (unpaired) electrons. The van der Waals surface area contributed by atoms with Crippen molar-refractivity contribution < 1.29 is 9.90 Å². The van der Waals surface area contributed by atoms with Crippen molar-refractivity contribution in [3.8, 4) is 0 Å². The van der Waals surface area contributed by atoms with Gasteiger partial charge in [-0.05, 0) is 25.3 Å². The quantitative estimate of drug-likeness (QED) is 0.826. The van der Waals surface area contributed by atoms with E-state index in [1.54, 1.807) is 13.1 Å². The molecule has 1 N–H and O–H groups in total. The molecule has 1 fully saturated rings. The Morgan fingerprint density at radius 2 is 2.33 bits per heavy atom. The van der Waals surface area contributed by atoms with Gasteiger partial charge in [0.2, 0.25) is 0 Å². The van der Waals surface area contributed by atoms with E-state index in [4.69, 9.17) is 5.11 Å². The Bertz CT molecular complexity index is 386. The van der Waals surface area contributed by atoms with Crippen molar-refractivity contribution in [3.63, 3.8) is 0 Å². The summed E-state index contributed by atoms with van der Waals surface area (Å²) in [5.74, 6) is -0.901. The molecule has 1 heterocycles. The Kier molecular flexibility index (Phi) is 2.29. The minimum absolute atomic E-state index is 0.158. The highest BCUT2D eigenvalue weighted by atomic mass is 16.4. The van der Waals surface area contributed by atoms with Crippen LogP contribution in [0.15, 0.2) is 6.07 Å². The van der Waals surface area contributed by atoms with Crippen molar-refractivity contribution in [1.82, 2.24) is 9.78 Å². The molecule has 1 aromatic heterocycles. The molecule has 1 aliphatic carbocycles. The molecule has 1 saturated carbocycles. The van der Waals surface area contributed by atoms with Gasteiger partial charge in [0.1, 0.15) is 5.69 Å². The van der Waals surface area contributed by atoms with Crippen molar-refractivity contribution >= 4 is 5.97 Å². The number of carboxylic acids is 1. The SMILES string of the molecule is CCC1(c2cc(C(=O)O)n(C)n2)CCC1. The monoisotopic (exact) mass is 208 g/mol. The number of aryl methyl sites for hydroxylation is 1. The van der Waals surface area contributed by atoms with Gasteiger partial charge < -0.3 is 5.11 Å². The Labute approximate surface area is 88.9 Å². The first kappa shape index (κ1) is 10.2. The molecule has 0 saturated heterocycles. The van der Waals surface area contributed by atoms with Gasteiger partial charge in [-0.1, -0.05) is 13.3 Å². The van der Waals surface area contributed by atoms with Gasteiger partial charge in [0, 0.05) is 12.5 Å². The lowest BCUT2D eigenvalue weighted by Crippen LogP contribution is -2.33. The molecule has 0 aromatic carbocycles. The van der Waals surface area contributed by atoms with Gasteiger partial charge >= 0.3 is 5.97 Å². The van der Waals surface area contributed by atoms with Gasteiger partial charge in [-0.25, -0.2) is 4.79 Å². The van der Waals surface area contributed by atoms with Crippen molar-refractivity contribution in [1.29, 1.82) is 0 Å². The van der Waals surface area contributed by atoms with Crippen LogP contribution in [0.25, 0.3) is 0 Å². The summed E-state index contributed by atoms with van der Waals surface area (Å²) in [5, 5.41) is 13.3. The van der Waals surface area contributed by atoms with Crippen LogP contribution in [-0.4, -0.2) is 20.9 Å². The number of nitrogens with zero attached hydrogens (tertiary/aromatic N) is 2. The molecule has 1 aromatic rings. The average Bonchev–Trinajstić information content (AvgIpc) is 2.47. The minimum atomic E-state index is -0.901. The zero-order valence-corrected chi connectivity index (χ0v) is 9.16. The van der Waals surface area contributed by atoms with Gasteiger partial charge in [-0.15, -0.1) is 0 Å². The molecule has 4 nitrogen and oxygen atoms in total. The summed E-state index contributed by atoms with van der Waals surface area (Å²) < 4.78 is 1.47. The summed E-state index contributed by atoms with van der Waals surface area (Å²) in [4.78, 5) is 10.9. The molecule has 0 amide bonds. The van der Waals surface area contributed by atoms with Crippen molar-refractivity contribution in [2.75, 3.05) is 0 Å². The maximum absolute atomic E-state index is 10.9. The van der Waals surface area contributed by atoms with E-state index in [1.807, 2.05) is 0 Å². The van der Waals surface area contributed by atoms with E-state index in [0.29, 0.717) is 0 Å². The second-order valence-electron chi connectivity index (χ2n) is 4.33. The summed E-state index contributed by atoms with van der Waals surface area (Å²) >= 11 is 0. The molecule has 0 spiro atoms. The second kappa shape index (κ2) is 3.36. The summed E-state index contributed by atoms with van der Waals surface area (Å²) in [7, 11) is 1.69. The molecule has 82 valence electrons. The number of rotatable bonds is 3. The zero-order valence-electron chi connectivity index (χ0n) is 9.16. The summed E-state index contributed by atoms with van der Waals surface area (Å²) in [6, 6.07) is 1.73. The van der Waals surface area contributed by atoms with E-state index in [0.717, 1.165) is 25.0 Å². The lowest BCUT2D eigenvalue weighted by atomic mass is 9.65. The van der Waals surface area contributed by atoms with Gasteiger partial charge in [0.25, 0.3) is 0 Å². The maximum atomic E-state index is 10.9. The predicted octanol–water partition coefficient (Wildman–Crippen LogP) is 1.95. The van der Waals surface area contributed by atoms with Crippen LogP contribution >= 0.6 is 0 Å². The van der Waals surface area contributed by atoms with E-state index >= 15 is 0 Å². The van der Waals surface area contributed by atoms with E-state index in [1.165, 1.54) is 11.1 Å². The summed E-state index contributed by atoms with van der Waals surface area (Å²) in [5.41, 5.74) is 1.40. The molecule has 1 aliphatic rings. The number of carbonyl (C=O) groups is 1. The normalized spacial score (nSPS) is 18.5. The van der Waals surface area contributed by atoms with Crippen LogP contribution in [0, 0.1) is 0 Å². The van der Waals surface area contributed by atoms with Crippen LogP contribution in [0.3, 0.4) is 0 Å². The van der Waals surface area contributed by atoms with Crippen molar-refractivity contribution in [3.05, 3.63) is 17.5 Å². The molecule has 0 bridgehead atoms. The number of aromatic carboxylic acids is 1. The number of aromatic nitrogens is 2. The minimum Gasteiger partial charge on any atom is -0.477 e. The smallest absolute Gasteiger partial charge is 0.354 e. The van der Waals surface area contributed by atoms with Gasteiger partial charge in [0.15, 0.2) is 0 Å². The summed E-state index contributed by atoms with van der Waals surface area (Å²) in [6.45, 7) is 2.15. The standard InChI is InChI=1S/C11H16N2O2/c1-3-11(5-4-6-11)9-7-8(10(14)15)13(2)12-9/h7H,3-6H2,1-2H3,(H,14,15). The number of hydrogen-bond donors (Lipinski definition) is 1. The number of hydrogen-bond acceptors (Lipinski definition) is 2. The van der Waals surface area contributed by atoms with Crippen LogP contribution in [0.2, 0.25) is 0 Å². The Hall–Kier alpha value is -1.32. The first-order chi connectivity index (χ1) is 7.09. The fraction of sp³-hybridized carbons (Fsp3) is 0.636. The number of carboxylic acid groups (broad SMARTS) is 1. The topological polar surface area (TPSA) is 55.1 Å². The van der Waals surface area contributed by atoms with E-state index < -0.39 is 5.97 Å². The highest BCUT2D eigenvalue weighted by Gasteiger charge is 2.39. The Balaban J connectivity index is 2.37. The predicted molar refractivity (Wildman–Crippen MR) is 56.0 cm³/mol. The average molecular weight is 208 g/mol. The fourth-order valence-corrected chi connectivity index (χ4v) is 2.32. The van der Waals surface area contributed by atoms with Crippen LogP contribution < -0.4 is 0 Å². The van der Waals surface area contributed by atoms with E-state index in [9.17, 15) is 4.79 Å². The lowest BCUT2D eigenvalue weighted by Gasteiger charge is -2.39. The Morgan fingerprint density at radius 1 is 1.67 bits per heavy atom. The van der Waals surface area contributed by atoms with Crippen molar-refractivity contribution in [2.24, 2.45) is 7.05 Å². The second-order valence-corrected chi connectivity index (χ2v) is 4.33. The molecule has 2 rings (SSSR count). The third-order valence-corrected chi connectivity index (χ3v) is 3.63. The van der Waals surface area contributed by atoms with E-state index in [2.05, 4.69) is 12.0 Å². The first-order valence-electron chi connectivity index (χ1n) is 5.37. The van der Waals surface area contributed by atoms with Gasteiger partial charge in [-0.2, -0.15) is 5.10 Å². The zero-order chi connectivity index (χ0) is 11.1. The van der Waals surface area contributed by atoms with Crippen molar-refractivity contribution in [2.45, 2.75) is 38.0 Å². The molecule has 4 heteroatoms. The molecule has 15 heavy (non-hydrogen) atoms. The summed E-state index contributed by atoms with van der Waals surface area (Å²) in [6.07, 6.45) is 4.55. The van der Waals surface area contributed by atoms with Gasteiger partial charge in [-0.3, -0.25) is 4.68 Å². The van der Waals surface area contributed by atoms with E-state index in [-0.39, 0.29) is 11.1 Å². The third kappa shape index (κ3) is 1.44. The lowest BCUT2D eigenvalue weighted by molar-refractivity contribution is 0.0685. The maximum Gasteiger partial charge on any atom is 0.354 e. The molecular formula is C11H16N2O2. The molecular weight excluding hydrogens is 192 g/mol. The highest BCUT2D eigenvalue weighted by Crippen LogP contribution is 2.45. The first-order valence-corrected chi connectivity index (χ1v) is 5.37. The fourth-order valence-electron chi connectivity index (χ4n) is 2.32. The van der Waals surface area contributed by atoms with Gasteiger partial charge in [0.05, 0.1) is 5.69 Å². The van der Waals surface area contributed by atoms with Crippen LogP contribution in [0.1, 0.15) is 48.8 Å². The van der Waals surface area contributed by atoms with Crippen LogP contribution in [0.4, 0.5) is 0 Å². The largest absolute Gasteiger partial charge is 0.477 e. The highest BCUT2D eigenvalue weighted by molar-refractivity contribution is 5.85. The molecule has 0 atom stereocenters.